The second-order valence-electron chi connectivity index (χ2n) is 9.81. The summed E-state index contributed by atoms with van der Waals surface area (Å²) < 4.78 is 34.3. The summed E-state index contributed by atoms with van der Waals surface area (Å²) in [7, 11) is 0. The lowest BCUT2D eigenvalue weighted by atomic mass is 9.77. The molecule has 1 aromatic heterocycles. The topological polar surface area (TPSA) is 54.2 Å². The molecule has 3 aromatic rings. The van der Waals surface area contributed by atoms with Crippen LogP contribution in [0.4, 0.5) is 8.78 Å². The molecule has 194 valence electrons. The molecule has 2 fully saturated rings. The maximum atomic E-state index is 15.1. The standard InChI is InChI=1S/C25H28F2N4OS.C3H8/c26-22-14-21(25(32)10-8-20(9-11-25)30-16-28-29-17-30)23(27)13-19(22)15-31-12-4-7-24(33-31)18-5-2-1-3-6-18;1-3-2/h1-3,5-6,13-14,16-17,20,24,32H,4,7-12,15H2;3H2,1-2H3. The van der Waals surface area contributed by atoms with E-state index in [1.165, 1.54) is 24.1 Å². The molecule has 8 heteroatoms. The number of hydrogen-bond acceptors (Lipinski definition) is 5. The zero-order chi connectivity index (χ0) is 25.5. The van der Waals surface area contributed by atoms with Gasteiger partial charge in [-0.1, -0.05) is 62.5 Å². The van der Waals surface area contributed by atoms with Crippen LogP contribution in [-0.2, 0) is 12.1 Å². The van der Waals surface area contributed by atoms with E-state index in [2.05, 4.69) is 40.5 Å². The van der Waals surface area contributed by atoms with Crippen LogP contribution in [0.25, 0.3) is 0 Å². The summed E-state index contributed by atoms with van der Waals surface area (Å²) in [5.41, 5.74) is 0.309. The zero-order valence-electron chi connectivity index (χ0n) is 21.1. The minimum absolute atomic E-state index is 0.0689. The van der Waals surface area contributed by atoms with E-state index in [0.717, 1.165) is 19.4 Å². The lowest BCUT2D eigenvalue weighted by molar-refractivity contribution is -0.0155. The van der Waals surface area contributed by atoms with Crippen LogP contribution in [-0.4, -0.2) is 30.7 Å². The normalized spacial score (nSPS) is 24.7. The Bertz CT molecular complexity index is 1090. The Balaban J connectivity index is 0.000000967. The van der Waals surface area contributed by atoms with Gasteiger partial charge in [0, 0.05) is 35.5 Å². The fourth-order valence-corrected chi connectivity index (χ4v) is 6.41. The molecule has 1 saturated heterocycles. The van der Waals surface area contributed by atoms with Crippen molar-refractivity contribution < 1.29 is 13.9 Å². The van der Waals surface area contributed by atoms with Crippen molar-refractivity contribution >= 4 is 11.9 Å². The average molecular weight is 515 g/mol. The Labute approximate surface area is 217 Å². The summed E-state index contributed by atoms with van der Waals surface area (Å²) in [5.74, 6) is -0.985. The van der Waals surface area contributed by atoms with Crippen LogP contribution in [0.3, 0.4) is 0 Å². The summed E-state index contributed by atoms with van der Waals surface area (Å²) in [6, 6.07) is 13.0. The lowest BCUT2D eigenvalue weighted by Gasteiger charge is -2.37. The van der Waals surface area contributed by atoms with E-state index in [1.807, 2.05) is 22.8 Å². The van der Waals surface area contributed by atoms with Gasteiger partial charge < -0.3 is 9.67 Å². The van der Waals surface area contributed by atoms with Crippen LogP contribution in [0, 0.1) is 11.6 Å². The molecular formula is C28H36F2N4OS. The van der Waals surface area contributed by atoms with Crippen LogP contribution in [0.5, 0.6) is 0 Å². The van der Waals surface area contributed by atoms with Gasteiger partial charge in [0.15, 0.2) is 0 Å². The Hall–Kier alpha value is -2.29. The molecule has 0 amide bonds. The minimum atomic E-state index is -1.35. The number of aliphatic hydroxyl groups is 1. The van der Waals surface area contributed by atoms with Crippen molar-refractivity contribution in [1.29, 1.82) is 0 Å². The molecule has 5 rings (SSSR count). The molecule has 1 atom stereocenters. The van der Waals surface area contributed by atoms with Gasteiger partial charge in [-0.05, 0) is 56.2 Å². The molecule has 1 saturated carbocycles. The molecule has 0 bridgehead atoms. The van der Waals surface area contributed by atoms with Crippen LogP contribution in [0.1, 0.15) is 86.8 Å². The van der Waals surface area contributed by atoms with Gasteiger partial charge in [-0.2, -0.15) is 0 Å². The zero-order valence-corrected chi connectivity index (χ0v) is 21.9. The number of rotatable bonds is 5. The quantitative estimate of drug-likeness (QED) is 0.373. The molecule has 36 heavy (non-hydrogen) atoms. The molecule has 2 aromatic carbocycles. The fraction of sp³-hybridized carbons (Fsp3) is 0.500. The predicted octanol–water partition coefficient (Wildman–Crippen LogP) is 6.96. The SMILES string of the molecule is CCC.OC1(c2cc(F)c(CN3CCCC(c4ccccc4)S3)cc2F)CCC(n2cnnc2)CC1. The number of aromatic nitrogens is 3. The monoisotopic (exact) mass is 514 g/mol. The maximum Gasteiger partial charge on any atom is 0.129 e. The van der Waals surface area contributed by atoms with Crippen LogP contribution in [0.2, 0.25) is 0 Å². The van der Waals surface area contributed by atoms with Crippen molar-refractivity contribution in [3.05, 3.63) is 83.4 Å². The highest BCUT2D eigenvalue weighted by atomic mass is 32.2. The van der Waals surface area contributed by atoms with Gasteiger partial charge in [0.25, 0.3) is 0 Å². The minimum Gasteiger partial charge on any atom is -0.385 e. The van der Waals surface area contributed by atoms with E-state index in [0.29, 0.717) is 43.0 Å². The first kappa shape index (κ1) is 26.8. The Kier molecular flexibility index (Phi) is 9.14. The van der Waals surface area contributed by atoms with E-state index < -0.39 is 17.2 Å². The van der Waals surface area contributed by atoms with Crippen molar-refractivity contribution in [1.82, 2.24) is 19.1 Å². The fourth-order valence-electron chi connectivity index (χ4n) is 5.05. The molecule has 0 radical (unpaired) electrons. The Morgan fingerprint density at radius 3 is 2.33 bits per heavy atom. The van der Waals surface area contributed by atoms with E-state index in [9.17, 15) is 5.11 Å². The van der Waals surface area contributed by atoms with Gasteiger partial charge in [-0.15, -0.1) is 10.2 Å². The van der Waals surface area contributed by atoms with Crippen molar-refractivity contribution in [2.45, 2.75) is 82.2 Å². The van der Waals surface area contributed by atoms with E-state index in [-0.39, 0.29) is 11.6 Å². The molecule has 1 aliphatic carbocycles. The van der Waals surface area contributed by atoms with Gasteiger partial charge in [0.05, 0.1) is 5.60 Å². The first-order valence-corrected chi connectivity index (χ1v) is 13.8. The molecule has 1 aliphatic heterocycles. The summed E-state index contributed by atoms with van der Waals surface area (Å²) in [6.45, 7) is 5.43. The summed E-state index contributed by atoms with van der Waals surface area (Å²) in [4.78, 5) is 0. The highest BCUT2D eigenvalue weighted by molar-refractivity contribution is 7.97. The highest BCUT2D eigenvalue weighted by Crippen LogP contribution is 2.43. The van der Waals surface area contributed by atoms with Gasteiger partial charge in [-0.3, -0.25) is 0 Å². The summed E-state index contributed by atoms with van der Waals surface area (Å²) in [6.07, 6.45) is 8.70. The molecule has 5 nitrogen and oxygen atoms in total. The first-order valence-electron chi connectivity index (χ1n) is 12.9. The van der Waals surface area contributed by atoms with E-state index in [4.69, 9.17) is 0 Å². The second-order valence-corrected chi connectivity index (χ2v) is 11.1. The number of nitrogens with zero attached hydrogens (tertiary/aromatic N) is 4. The van der Waals surface area contributed by atoms with E-state index >= 15 is 8.78 Å². The Morgan fingerprint density at radius 2 is 1.67 bits per heavy atom. The van der Waals surface area contributed by atoms with Crippen molar-refractivity contribution in [3.63, 3.8) is 0 Å². The van der Waals surface area contributed by atoms with Crippen LogP contribution < -0.4 is 0 Å². The van der Waals surface area contributed by atoms with Crippen LogP contribution >= 0.6 is 11.9 Å². The highest BCUT2D eigenvalue weighted by Gasteiger charge is 2.38. The van der Waals surface area contributed by atoms with Crippen molar-refractivity contribution in [3.8, 4) is 0 Å². The molecule has 1 N–H and O–H groups in total. The van der Waals surface area contributed by atoms with Gasteiger partial charge in [-0.25, -0.2) is 13.1 Å². The van der Waals surface area contributed by atoms with Gasteiger partial charge in [0.1, 0.15) is 24.3 Å². The third kappa shape index (κ3) is 6.33. The maximum absolute atomic E-state index is 15.1. The number of benzene rings is 2. The van der Waals surface area contributed by atoms with E-state index in [1.54, 1.807) is 24.6 Å². The van der Waals surface area contributed by atoms with Crippen molar-refractivity contribution in [2.24, 2.45) is 0 Å². The number of hydrogen-bond donors (Lipinski definition) is 1. The third-order valence-electron chi connectivity index (χ3n) is 6.95. The molecule has 1 unspecified atom stereocenters. The van der Waals surface area contributed by atoms with Crippen molar-refractivity contribution in [2.75, 3.05) is 6.54 Å². The molecule has 0 spiro atoms. The summed E-state index contributed by atoms with van der Waals surface area (Å²) in [5, 5.41) is 19.2. The van der Waals surface area contributed by atoms with Gasteiger partial charge >= 0.3 is 0 Å². The number of halogens is 2. The predicted molar refractivity (Wildman–Crippen MR) is 140 cm³/mol. The lowest BCUT2D eigenvalue weighted by Crippen LogP contribution is -2.33. The first-order chi connectivity index (χ1) is 17.4. The second kappa shape index (κ2) is 12.3. The van der Waals surface area contributed by atoms with Gasteiger partial charge in [0.2, 0.25) is 0 Å². The van der Waals surface area contributed by atoms with Crippen LogP contribution in [0.15, 0.2) is 55.1 Å². The summed E-state index contributed by atoms with van der Waals surface area (Å²) >= 11 is 1.71. The molecule has 2 heterocycles. The third-order valence-corrected chi connectivity index (χ3v) is 8.32. The largest absolute Gasteiger partial charge is 0.385 e. The smallest absolute Gasteiger partial charge is 0.129 e. The Morgan fingerprint density at radius 1 is 1.00 bits per heavy atom. The molecular weight excluding hydrogens is 478 g/mol. The average Bonchev–Trinajstić information content (AvgIpc) is 3.43. The molecule has 2 aliphatic rings.